The van der Waals surface area contributed by atoms with Gasteiger partial charge in [0.15, 0.2) is 5.82 Å². The molecule has 0 aliphatic carbocycles. The number of nitrogen functional groups attached to an aromatic ring is 1. The molecule has 6 heteroatoms. The third-order valence-electron chi connectivity index (χ3n) is 2.75. The highest BCUT2D eigenvalue weighted by atomic mass is 16.5. The van der Waals surface area contributed by atoms with Crippen LogP contribution in [0, 0.1) is 6.92 Å². The van der Waals surface area contributed by atoms with Crippen molar-refractivity contribution < 1.29 is 9.47 Å². The number of methoxy groups -OCH3 is 2. The first-order valence-corrected chi connectivity index (χ1v) is 5.65. The first-order chi connectivity index (χ1) is 9.06. The minimum atomic E-state index is -0.296. The lowest BCUT2D eigenvalue weighted by Gasteiger charge is -2.14. The van der Waals surface area contributed by atoms with Gasteiger partial charge in [-0.05, 0) is 19.1 Å². The molecule has 0 saturated carbocycles. The molecule has 0 unspecified atom stereocenters. The van der Waals surface area contributed by atoms with E-state index < -0.39 is 0 Å². The van der Waals surface area contributed by atoms with Crippen molar-refractivity contribution in [1.29, 1.82) is 0 Å². The number of nitrogens with two attached hydrogens (primary N) is 1. The van der Waals surface area contributed by atoms with Crippen LogP contribution in [0.25, 0.3) is 5.69 Å². The van der Waals surface area contributed by atoms with Crippen molar-refractivity contribution in [3.05, 3.63) is 40.2 Å². The van der Waals surface area contributed by atoms with Crippen LogP contribution in [0.5, 0.6) is 11.5 Å². The number of hydrogen-bond acceptors (Lipinski definition) is 5. The first kappa shape index (κ1) is 12.9. The topological polar surface area (TPSA) is 79.4 Å². The number of rotatable bonds is 3. The van der Waals surface area contributed by atoms with Gasteiger partial charge in [-0.25, -0.2) is 4.68 Å². The van der Waals surface area contributed by atoms with E-state index in [4.69, 9.17) is 15.2 Å². The molecule has 0 radical (unpaired) electrons. The molecule has 6 nitrogen and oxygen atoms in total. The summed E-state index contributed by atoms with van der Waals surface area (Å²) in [6.45, 7) is 1.77. The molecule has 100 valence electrons. The third kappa shape index (κ3) is 2.37. The molecular formula is C13H15N3O3. The highest BCUT2D eigenvalue weighted by Crippen LogP contribution is 2.27. The Hall–Kier alpha value is -2.50. The molecule has 2 N–H and O–H groups in total. The van der Waals surface area contributed by atoms with Crippen LogP contribution in [-0.4, -0.2) is 24.0 Å². The minimum absolute atomic E-state index is 0.0597. The molecular weight excluding hydrogens is 246 g/mol. The van der Waals surface area contributed by atoms with Crippen LogP contribution >= 0.6 is 0 Å². The number of benzene rings is 1. The fourth-order valence-electron chi connectivity index (χ4n) is 1.77. The molecule has 0 saturated heterocycles. The molecule has 0 atom stereocenters. The Kier molecular flexibility index (Phi) is 3.41. The predicted octanol–water partition coefficient (Wildman–Crippen LogP) is 1.14. The van der Waals surface area contributed by atoms with Gasteiger partial charge in [-0.1, -0.05) is 0 Å². The Labute approximate surface area is 110 Å². The lowest BCUT2D eigenvalue weighted by molar-refractivity contribution is 0.400. The van der Waals surface area contributed by atoms with E-state index in [2.05, 4.69) is 5.10 Å². The fraction of sp³-hybridized carbons (Fsp3) is 0.231. The number of aryl methyl sites for hydroxylation is 1. The van der Waals surface area contributed by atoms with Gasteiger partial charge in [-0.15, -0.1) is 5.10 Å². The average molecular weight is 261 g/mol. The zero-order chi connectivity index (χ0) is 14.0. The molecule has 0 spiro atoms. The summed E-state index contributed by atoms with van der Waals surface area (Å²) in [6, 6.07) is 6.75. The maximum absolute atomic E-state index is 11.4. The molecule has 2 rings (SSSR count). The summed E-state index contributed by atoms with van der Waals surface area (Å²) in [7, 11) is 3.14. The SMILES string of the molecule is COc1ccc(OC)c(-n2nc(N)c(=O)cc2C)c1. The number of nitrogens with zero attached hydrogens (tertiary/aromatic N) is 2. The van der Waals surface area contributed by atoms with E-state index >= 15 is 0 Å². The maximum Gasteiger partial charge on any atom is 0.224 e. The molecule has 19 heavy (non-hydrogen) atoms. The minimum Gasteiger partial charge on any atom is -0.497 e. The van der Waals surface area contributed by atoms with Gasteiger partial charge in [0.25, 0.3) is 0 Å². The van der Waals surface area contributed by atoms with Crippen LogP contribution < -0.4 is 20.6 Å². The number of hydrogen-bond donors (Lipinski definition) is 1. The van der Waals surface area contributed by atoms with Crippen LogP contribution in [0.15, 0.2) is 29.1 Å². The lowest BCUT2D eigenvalue weighted by Crippen LogP contribution is -2.18. The molecule has 0 aliphatic rings. The van der Waals surface area contributed by atoms with Gasteiger partial charge in [-0.3, -0.25) is 4.79 Å². The number of ether oxygens (including phenoxy) is 2. The summed E-state index contributed by atoms with van der Waals surface area (Å²) in [5.41, 5.74) is 6.59. The maximum atomic E-state index is 11.4. The summed E-state index contributed by atoms with van der Waals surface area (Å²) in [4.78, 5) is 11.4. The van der Waals surface area contributed by atoms with Crippen LogP contribution in [0.1, 0.15) is 5.69 Å². The Morgan fingerprint density at radius 2 is 1.95 bits per heavy atom. The summed E-state index contributed by atoms with van der Waals surface area (Å²) in [6.07, 6.45) is 0. The average Bonchev–Trinajstić information content (AvgIpc) is 2.42. The van der Waals surface area contributed by atoms with E-state index in [1.807, 2.05) is 0 Å². The molecule has 1 aromatic carbocycles. The monoisotopic (exact) mass is 261 g/mol. The molecule has 0 bridgehead atoms. The first-order valence-electron chi connectivity index (χ1n) is 5.65. The van der Waals surface area contributed by atoms with Crippen molar-refractivity contribution in [2.45, 2.75) is 6.92 Å². The Morgan fingerprint density at radius 3 is 2.58 bits per heavy atom. The van der Waals surface area contributed by atoms with Crippen molar-refractivity contribution in [3.8, 4) is 17.2 Å². The number of anilines is 1. The van der Waals surface area contributed by atoms with Crippen LogP contribution in [-0.2, 0) is 0 Å². The zero-order valence-electron chi connectivity index (χ0n) is 11.0. The summed E-state index contributed by atoms with van der Waals surface area (Å²) in [5, 5.41) is 4.07. The normalized spacial score (nSPS) is 10.3. The molecule has 0 amide bonds. The zero-order valence-corrected chi connectivity index (χ0v) is 11.0. The van der Waals surface area contributed by atoms with Crippen molar-refractivity contribution in [2.24, 2.45) is 0 Å². The van der Waals surface area contributed by atoms with Gasteiger partial charge in [0, 0.05) is 17.8 Å². The molecule has 2 aromatic rings. The van der Waals surface area contributed by atoms with Crippen molar-refractivity contribution in [3.63, 3.8) is 0 Å². The van der Waals surface area contributed by atoms with E-state index in [0.29, 0.717) is 22.9 Å². The molecule has 0 aliphatic heterocycles. The van der Waals surface area contributed by atoms with E-state index in [1.54, 1.807) is 44.0 Å². The second-order valence-corrected chi connectivity index (χ2v) is 3.98. The Bertz CT molecular complexity index is 665. The molecule has 0 fully saturated rings. The summed E-state index contributed by atoms with van der Waals surface area (Å²) >= 11 is 0. The van der Waals surface area contributed by atoms with Gasteiger partial charge in [0.2, 0.25) is 5.43 Å². The van der Waals surface area contributed by atoms with E-state index in [1.165, 1.54) is 6.07 Å². The molecule has 1 heterocycles. The highest BCUT2D eigenvalue weighted by Gasteiger charge is 2.11. The van der Waals surface area contributed by atoms with Gasteiger partial charge in [-0.2, -0.15) is 0 Å². The van der Waals surface area contributed by atoms with E-state index in [-0.39, 0.29) is 11.2 Å². The van der Waals surface area contributed by atoms with Crippen LogP contribution in [0.3, 0.4) is 0 Å². The van der Waals surface area contributed by atoms with Crippen LogP contribution in [0.2, 0.25) is 0 Å². The summed E-state index contributed by atoms with van der Waals surface area (Å²) in [5.74, 6) is 1.21. The second kappa shape index (κ2) is 5.01. The van der Waals surface area contributed by atoms with Gasteiger partial charge >= 0.3 is 0 Å². The Morgan fingerprint density at radius 1 is 1.21 bits per heavy atom. The van der Waals surface area contributed by atoms with Gasteiger partial charge in [0.05, 0.1) is 14.2 Å². The lowest BCUT2D eigenvalue weighted by atomic mass is 10.2. The second-order valence-electron chi connectivity index (χ2n) is 3.98. The standard InChI is InChI=1S/C13H15N3O3/c1-8-6-11(17)13(14)15-16(8)10-7-9(18-2)4-5-12(10)19-3/h4-7H,1-3H3,(H2,14,15). The number of aromatic nitrogens is 2. The highest BCUT2D eigenvalue weighted by molar-refractivity contribution is 5.52. The quantitative estimate of drug-likeness (QED) is 0.896. The summed E-state index contributed by atoms with van der Waals surface area (Å²) < 4.78 is 12.0. The van der Waals surface area contributed by atoms with E-state index in [9.17, 15) is 4.79 Å². The molecule has 1 aromatic heterocycles. The van der Waals surface area contributed by atoms with Crippen LogP contribution in [0.4, 0.5) is 5.82 Å². The van der Waals surface area contributed by atoms with Crippen molar-refractivity contribution >= 4 is 5.82 Å². The van der Waals surface area contributed by atoms with Gasteiger partial charge < -0.3 is 15.2 Å². The smallest absolute Gasteiger partial charge is 0.224 e. The fourth-order valence-corrected chi connectivity index (χ4v) is 1.77. The largest absolute Gasteiger partial charge is 0.497 e. The Balaban J connectivity index is 2.69. The predicted molar refractivity (Wildman–Crippen MR) is 72.1 cm³/mol. The third-order valence-corrected chi connectivity index (χ3v) is 2.75. The van der Waals surface area contributed by atoms with E-state index in [0.717, 1.165) is 0 Å². The van der Waals surface area contributed by atoms with Crippen molar-refractivity contribution in [1.82, 2.24) is 9.78 Å². The van der Waals surface area contributed by atoms with Crippen molar-refractivity contribution in [2.75, 3.05) is 20.0 Å². The van der Waals surface area contributed by atoms with Gasteiger partial charge in [0.1, 0.15) is 17.2 Å².